The number of piperidine rings is 1. The quantitative estimate of drug-likeness (QED) is 0.672. The van der Waals surface area contributed by atoms with Crippen molar-refractivity contribution in [2.75, 3.05) is 18.0 Å². The maximum Gasteiger partial charge on any atom is 0.250 e. The van der Waals surface area contributed by atoms with Crippen molar-refractivity contribution in [3.8, 4) is 6.07 Å². The van der Waals surface area contributed by atoms with Gasteiger partial charge in [0.05, 0.1) is 11.1 Å². The molecule has 1 saturated heterocycles. The minimum absolute atomic E-state index is 0.0908. The van der Waals surface area contributed by atoms with Crippen LogP contribution in [0.25, 0.3) is 10.9 Å². The van der Waals surface area contributed by atoms with Crippen LogP contribution < -0.4 is 10.5 Å². The number of aryl methyl sites for hydroxylation is 1. The van der Waals surface area contributed by atoms with Gasteiger partial charge in [-0.3, -0.25) is 4.79 Å². The Morgan fingerprint density at radius 3 is 2.81 bits per heavy atom. The molecular formula is C22H20N4O. The van der Waals surface area contributed by atoms with Crippen LogP contribution in [0.4, 0.5) is 5.82 Å². The zero-order valence-corrected chi connectivity index (χ0v) is 15.2. The third-order valence-electron chi connectivity index (χ3n) is 6.02. The highest BCUT2D eigenvalue weighted by molar-refractivity contribution is 5.87. The Labute approximate surface area is 157 Å². The maximum absolute atomic E-state index is 12.2. The molecule has 0 N–H and O–H groups in total. The lowest BCUT2D eigenvalue weighted by Crippen LogP contribution is -2.47. The van der Waals surface area contributed by atoms with Gasteiger partial charge in [0.1, 0.15) is 11.9 Å². The summed E-state index contributed by atoms with van der Waals surface area (Å²) in [5, 5.41) is 10.9. The summed E-state index contributed by atoms with van der Waals surface area (Å²) in [6.45, 7) is 4.37. The third-order valence-corrected chi connectivity index (χ3v) is 6.02. The highest BCUT2D eigenvalue weighted by atomic mass is 16.1. The molecule has 134 valence electrons. The number of aromatic nitrogens is 2. The number of anilines is 1. The van der Waals surface area contributed by atoms with E-state index in [-0.39, 0.29) is 5.56 Å². The zero-order valence-electron chi connectivity index (χ0n) is 15.2. The van der Waals surface area contributed by atoms with Crippen molar-refractivity contribution in [1.29, 1.82) is 5.26 Å². The van der Waals surface area contributed by atoms with Crippen molar-refractivity contribution in [2.24, 2.45) is 5.92 Å². The van der Waals surface area contributed by atoms with Gasteiger partial charge < -0.3 is 9.47 Å². The van der Waals surface area contributed by atoms with Gasteiger partial charge in [-0.25, -0.2) is 4.98 Å². The first kappa shape index (κ1) is 16.1. The van der Waals surface area contributed by atoms with Crippen molar-refractivity contribution in [2.45, 2.75) is 25.8 Å². The lowest BCUT2D eigenvalue weighted by atomic mass is 9.83. The minimum atomic E-state index is 0.0908. The molecule has 5 nitrogen and oxygen atoms in total. The van der Waals surface area contributed by atoms with Crippen LogP contribution in [0.2, 0.25) is 0 Å². The number of para-hydroxylation sites is 1. The van der Waals surface area contributed by atoms with Gasteiger partial charge in [0, 0.05) is 42.7 Å². The Morgan fingerprint density at radius 2 is 1.96 bits per heavy atom. The van der Waals surface area contributed by atoms with Gasteiger partial charge in [-0.15, -0.1) is 0 Å². The van der Waals surface area contributed by atoms with Crippen LogP contribution >= 0.6 is 0 Å². The first-order chi connectivity index (χ1) is 13.2. The molecule has 0 amide bonds. The normalized spacial score (nSPS) is 21.0. The van der Waals surface area contributed by atoms with E-state index >= 15 is 0 Å². The molecule has 4 heterocycles. The average molecular weight is 356 g/mol. The number of nitriles is 1. The molecule has 1 fully saturated rings. The molecular weight excluding hydrogens is 336 g/mol. The third kappa shape index (κ3) is 2.44. The highest BCUT2D eigenvalue weighted by Gasteiger charge is 2.36. The van der Waals surface area contributed by atoms with Crippen LogP contribution in [-0.2, 0) is 6.54 Å². The second-order valence-electron chi connectivity index (χ2n) is 7.67. The van der Waals surface area contributed by atoms with Crippen molar-refractivity contribution in [1.82, 2.24) is 9.55 Å². The average Bonchev–Trinajstić information content (AvgIpc) is 2.69. The fourth-order valence-electron chi connectivity index (χ4n) is 4.79. The Balaban J connectivity index is 1.61. The number of hydrogen-bond acceptors (Lipinski definition) is 4. The predicted octanol–water partition coefficient (Wildman–Crippen LogP) is 3.20. The zero-order chi connectivity index (χ0) is 18.5. The number of hydrogen-bond donors (Lipinski definition) is 0. The highest BCUT2D eigenvalue weighted by Crippen LogP contribution is 2.38. The summed E-state index contributed by atoms with van der Waals surface area (Å²) in [7, 11) is 0. The summed E-state index contributed by atoms with van der Waals surface area (Å²) in [6.07, 6.45) is 1.09. The topological polar surface area (TPSA) is 61.9 Å². The number of benzene rings is 1. The molecule has 2 aromatic heterocycles. The molecule has 0 aliphatic carbocycles. The van der Waals surface area contributed by atoms with E-state index in [1.807, 2.05) is 41.8 Å². The molecule has 0 spiro atoms. The van der Waals surface area contributed by atoms with E-state index in [0.717, 1.165) is 54.0 Å². The number of rotatable bonds is 1. The summed E-state index contributed by atoms with van der Waals surface area (Å²) < 4.78 is 1.93. The second kappa shape index (κ2) is 5.95. The first-order valence-corrected chi connectivity index (χ1v) is 9.40. The largest absolute Gasteiger partial charge is 0.354 e. The Hall–Kier alpha value is -3.13. The molecule has 0 unspecified atom stereocenters. The molecule has 2 atom stereocenters. The molecule has 3 aromatic rings. The number of nitrogens with zero attached hydrogens (tertiary/aromatic N) is 4. The Bertz CT molecular complexity index is 1160. The molecule has 0 saturated carbocycles. The van der Waals surface area contributed by atoms with Gasteiger partial charge in [-0.1, -0.05) is 24.3 Å². The monoisotopic (exact) mass is 356 g/mol. The van der Waals surface area contributed by atoms with Crippen LogP contribution in [0.15, 0.2) is 47.3 Å². The Kier molecular flexibility index (Phi) is 3.54. The van der Waals surface area contributed by atoms with Crippen molar-refractivity contribution in [3.05, 3.63) is 69.6 Å². The molecule has 2 aliphatic rings. The Morgan fingerprint density at radius 1 is 1.11 bits per heavy atom. The van der Waals surface area contributed by atoms with E-state index in [9.17, 15) is 10.1 Å². The fourth-order valence-corrected chi connectivity index (χ4v) is 4.79. The number of pyridine rings is 2. The molecule has 2 aliphatic heterocycles. The molecule has 1 aromatic carbocycles. The molecule has 0 radical (unpaired) electrons. The number of fused-ring (bicyclic) bond motifs is 5. The van der Waals surface area contributed by atoms with E-state index in [2.05, 4.69) is 17.0 Å². The van der Waals surface area contributed by atoms with E-state index in [1.165, 1.54) is 0 Å². The van der Waals surface area contributed by atoms with E-state index < -0.39 is 0 Å². The van der Waals surface area contributed by atoms with Gasteiger partial charge in [-0.05, 0) is 37.0 Å². The van der Waals surface area contributed by atoms with Crippen molar-refractivity contribution >= 4 is 16.7 Å². The van der Waals surface area contributed by atoms with Gasteiger partial charge in [0.15, 0.2) is 0 Å². The van der Waals surface area contributed by atoms with Crippen LogP contribution in [0, 0.1) is 24.2 Å². The summed E-state index contributed by atoms with van der Waals surface area (Å²) in [6, 6.07) is 15.9. The van der Waals surface area contributed by atoms with Gasteiger partial charge >= 0.3 is 0 Å². The van der Waals surface area contributed by atoms with Crippen molar-refractivity contribution in [3.63, 3.8) is 0 Å². The summed E-state index contributed by atoms with van der Waals surface area (Å²) in [4.78, 5) is 19.4. The van der Waals surface area contributed by atoms with Gasteiger partial charge in [0.2, 0.25) is 0 Å². The fraction of sp³-hybridized carbons (Fsp3) is 0.318. The van der Waals surface area contributed by atoms with Gasteiger partial charge in [-0.2, -0.15) is 5.26 Å². The molecule has 27 heavy (non-hydrogen) atoms. The molecule has 2 bridgehead atoms. The lowest BCUT2D eigenvalue weighted by molar-refractivity contribution is 0.280. The van der Waals surface area contributed by atoms with E-state index in [4.69, 9.17) is 4.98 Å². The van der Waals surface area contributed by atoms with Crippen molar-refractivity contribution < 1.29 is 0 Å². The van der Waals surface area contributed by atoms with Gasteiger partial charge in [0.25, 0.3) is 5.56 Å². The van der Waals surface area contributed by atoms with E-state index in [1.54, 1.807) is 6.07 Å². The molecule has 5 heteroatoms. The summed E-state index contributed by atoms with van der Waals surface area (Å²) in [5.74, 6) is 1.48. The van der Waals surface area contributed by atoms with Crippen LogP contribution in [0.1, 0.15) is 29.2 Å². The summed E-state index contributed by atoms with van der Waals surface area (Å²) in [5.41, 5.74) is 3.79. The maximum atomic E-state index is 12.2. The molecule has 5 rings (SSSR count). The summed E-state index contributed by atoms with van der Waals surface area (Å²) >= 11 is 0. The van der Waals surface area contributed by atoms with E-state index in [0.29, 0.717) is 17.4 Å². The van der Waals surface area contributed by atoms with Crippen LogP contribution in [-0.4, -0.2) is 22.6 Å². The second-order valence-corrected chi connectivity index (χ2v) is 7.67. The van der Waals surface area contributed by atoms with Crippen LogP contribution in [0.3, 0.4) is 0 Å². The lowest BCUT2D eigenvalue weighted by Gasteiger charge is -2.43. The predicted molar refractivity (Wildman–Crippen MR) is 105 cm³/mol. The standard InChI is InChI=1S/C22H20N4O/c1-14-17-5-2-3-6-19(17)24-22(18(14)10-23)25-11-15-9-16(13-25)20-7-4-8-21(27)26(20)12-15/h2-8,15-16H,9,11-13H2,1H3/t15-,16+/m0/s1. The van der Waals surface area contributed by atoms with Crippen LogP contribution in [0.5, 0.6) is 0 Å². The minimum Gasteiger partial charge on any atom is -0.354 e. The smallest absolute Gasteiger partial charge is 0.250 e. The first-order valence-electron chi connectivity index (χ1n) is 9.40. The SMILES string of the molecule is Cc1c(C#N)c(N2C[C@@H]3C[C@H](C2)c2cccc(=O)n2C3)nc2ccccc12.